The predicted molar refractivity (Wildman–Crippen MR) is 168 cm³/mol. The summed E-state index contributed by atoms with van der Waals surface area (Å²) in [4.78, 5) is 46.0. The topological polar surface area (TPSA) is 132 Å². The van der Waals surface area contributed by atoms with E-state index in [2.05, 4.69) is 24.8 Å². The van der Waals surface area contributed by atoms with Gasteiger partial charge in [0.1, 0.15) is 23.3 Å². The normalized spacial score (nSPS) is 10.9. The first-order valence-electron chi connectivity index (χ1n) is 13.2. The molecule has 16 heteroatoms. The van der Waals surface area contributed by atoms with Crippen molar-refractivity contribution in [3.05, 3.63) is 105 Å². The van der Waals surface area contributed by atoms with Gasteiger partial charge in [-0.2, -0.15) is 4.33 Å². The van der Waals surface area contributed by atoms with Crippen LogP contribution in [0.25, 0.3) is 22.1 Å². The molecule has 0 aliphatic heterocycles. The van der Waals surface area contributed by atoms with Gasteiger partial charge in [0.25, 0.3) is 11.1 Å². The molecule has 0 spiro atoms. The van der Waals surface area contributed by atoms with E-state index in [9.17, 15) is 18.4 Å². The molecule has 4 aromatic heterocycles. The number of nitrogens with zero attached hydrogens (tertiary/aromatic N) is 6. The molecule has 0 saturated heterocycles. The average Bonchev–Trinajstić information content (AvgIpc) is 3.07. The number of aryl methyl sites for hydroxylation is 2. The van der Waals surface area contributed by atoms with Crippen molar-refractivity contribution >= 4 is 45.9 Å². The van der Waals surface area contributed by atoms with E-state index in [0.29, 0.717) is 27.2 Å². The summed E-state index contributed by atoms with van der Waals surface area (Å²) in [5.74, 6) is -1.11. The lowest BCUT2D eigenvalue weighted by Gasteiger charge is -2.10. The number of thioether (sulfide) groups is 1. The molecular weight excluding hydrogens is 642 g/mol. The maximum absolute atomic E-state index is 13.7. The predicted octanol–water partition coefficient (Wildman–Crippen LogP) is 5.83. The summed E-state index contributed by atoms with van der Waals surface area (Å²) in [6.07, 6.45) is 4.98. The number of fused-ring (bicyclic) bond motifs is 2. The summed E-state index contributed by atoms with van der Waals surface area (Å²) in [5.41, 5.74) is 0.0536. The van der Waals surface area contributed by atoms with Crippen LogP contribution in [0.3, 0.4) is 0 Å². The van der Waals surface area contributed by atoms with Crippen LogP contribution in [-0.2, 0) is 23.3 Å². The largest absolute Gasteiger partial charge is 0.448 e. The van der Waals surface area contributed by atoms with Gasteiger partial charge in [-0.05, 0) is 42.7 Å². The van der Waals surface area contributed by atoms with Gasteiger partial charge in [0.2, 0.25) is 5.16 Å². The maximum Gasteiger partial charge on any atom is 0.294 e. The van der Waals surface area contributed by atoms with Gasteiger partial charge in [0, 0.05) is 37.3 Å². The van der Waals surface area contributed by atoms with Crippen molar-refractivity contribution in [2.45, 2.75) is 10.3 Å². The molecule has 46 heavy (non-hydrogen) atoms. The van der Waals surface area contributed by atoms with Gasteiger partial charge in [0.05, 0.1) is 7.11 Å². The molecule has 0 aliphatic rings. The highest BCUT2D eigenvalue weighted by Gasteiger charge is 2.15. The highest BCUT2D eigenvalue weighted by atomic mass is 32.2. The Morgan fingerprint density at radius 2 is 1.15 bits per heavy atom. The third-order valence-electron chi connectivity index (χ3n) is 6.26. The smallest absolute Gasteiger partial charge is 0.294 e. The van der Waals surface area contributed by atoms with Crippen molar-refractivity contribution in [3.8, 4) is 23.0 Å². The third kappa shape index (κ3) is 7.15. The Morgan fingerprint density at radius 1 is 0.696 bits per heavy atom. The van der Waals surface area contributed by atoms with Gasteiger partial charge in [-0.15, -0.1) is 0 Å². The molecular formula is C30H24F2N6O6S2. The van der Waals surface area contributed by atoms with Gasteiger partial charge >= 0.3 is 0 Å². The molecule has 12 nitrogen and oxygen atoms in total. The van der Waals surface area contributed by atoms with Crippen molar-refractivity contribution in [1.82, 2.24) is 29.1 Å². The quantitative estimate of drug-likeness (QED) is 0.0637. The van der Waals surface area contributed by atoms with Gasteiger partial charge in [-0.1, -0.05) is 36.0 Å². The minimum absolute atomic E-state index is 0.000558. The number of hydrogen-bond donors (Lipinski definition) is 0. The molecule has 0 aliphatic carbocycles. The summed E-state index contributed by atoms with van der Waals surface area (Å²) in [5, 5.41) is 2.06. The van der Waals surface area contributed by atoms with Gasteiger partial charge in [0.15, 0.2) is 39.8 Å². The first kappa shape index (κ1) is 32.5. The Bertz CT molecular complexity index is 2160. The van der Waals surface area contributed by atoms with Crippen LogP contribution in [0.4, 0.5) is 8.78 Å². The SMILES string of the molecule is COOSc1ncc2cc(Oc3ccccc3F)c(=O)n(C)c2n1.CSc1ncc2cc(Oc3ccccc3F)c(=O)n(C)c2n1. The lowest BCUT2D eigenvalue weighted by Crippen LogP contribution is -2.19. The second-order valence-corrected chi connectivity index (χ2v) is 10.6. The van der Waals surface area contributed by atoms with Crippen LogP contribution in [0.2, 0.25) is 0 Å². The summed E-state index contributed by atoms with van der Waals surface area (Å²) in [6, 6.07) is 14.8. The van der Waals surface area contributed by atoms with Crippen LogP contribution in [0, 0.1) is 11.6 Å². The second kappa shape index (κ2) is 14.5. The summed E-state index contributed by atoms with van der Waals surface area (Å²) < 4.78 is 45.5. The van der Waals surface area contributed by atoms with Crippen LogP contribution >= 0.6 is 23.8 Å². The molecule has 2 aromatic carbocycles. The third-order valence-corrected chi connectivity index (χ3v) is 7.37. The number of benzene rings is 2. The van der Waals surface area contributed by atoms with Crippen molar-refractivity contribution in [1.29, 1.82) is 0 Å². The first-order chi connectivity index (χ1) is 22.2. The maximum atomic E-state index is 13.7. The number of hydrogen-bond acceptors (Lipinski definition) is 12. The monoisotopic (exact) mass is 666 g/mol. The Kier molecular flexibility index (Phi) is 10.2. The second-order valence-electron chi connectivity index (χ2n) is 9.20. The Hall–Kier alpha value is -4.90. The zero-order valence-electron chi connectivity index (χ0n) is 24.6. The van der Waals surface area contributed by atoms with Crippen LogP contribution in [0.5, 0.6) is 23.0 Å². The highest BCUT2D eigenvalue weighted by molar-refractivity contribution is 7.98. The number of halogens is 2. The van der Waals surface area contributed by atoms with Crippen molar-refractivity contribution in [2.24, 2.45) is 14.1 Å². The fraction of sp³-hybridized carbons (Fsp3) is 0.133. The standard InChI is InChI=1S/C15H12FN3O4S.C15H12FN3O2S/c1-19-13-9(8-17-15(18-13)24-23-21-2)7-12(14(19)20)22-11-6-4-3-5-10(11)16;1-19-13-9(8-17-15(18-13)22-2)7-12(14(19)20)21-11-6-4-3-5-10(11)16/h3-8H,1-2H3;3-8H,1-2H3. The molecule has 6 aromatic rings. The van der Waals surface area contributed by atoms with Crippen LogP contribution < -0.4 is 20.6 Å². The Balaban J connectivity index is 0.000000182. The molecule has 0 bridgehead atoms. The van der Waals surface area contributed by atoms with Crippen LogP contribution in [0.1, 0.15) is 0 Å². The van der Waals surface area contributed by atoms with E-state index in [-0.39, 0.29) is 33.7 Å². The highest BCUT2D eigenvalue weighted by Crippen LogP contribution is 2.26. The molecule has 0 fully saturated rings. The summed E-state index contributed by atoms with van der Waals surface area (Å²) in [7, 11) is 4.49. The molecule has 236 valence electrons. The zero-order chi connectivity index (χ0) is 32.8. The molecule has 0 amide bonds. The number of para-hydroxylation sites is 2. The molecule has 0 atom stereocenters. The summed E-state index contributed by atoms with van der Waals surface area (Å²) >= 11 is 2.21. The van der Waals surface area contributed by atoms with E-state index in [0.717, 1.165) is 12.0 Å². The average molecular weight is 667 g/mol. The Morgan fingerprint density at radius 3 is 1.61 bits per heavy atom. The molecule has 0 N–H and O–H groups in total. The zero-order valence-corrected chi connectivity index (χ0v) is 26.3. The van der Waals surface area contributed by atoms with Crippen molar-refractivity contribution in [3.63, 3.8) is 0 Å². The Labute approximate surface area is 268 Å². The summed E-state index contributed by atoms with van der Waals surface area (Å²) in [6.45, 7) is 0. The van der Waals surface area contributed by atoms with E-state index in [1.807, 2.05) is 6.26 Å². The van der Waals surface area contributed by atoms with Crippen LogP contribution in [-0.4, -0.2) is 42.4 Å². The van der Waals surface area contributed by atoms with Gasteiger partial charge < -0.3 is 9.47 Å². The van der Waals surface area contributed by atoms with E-state index in [1.165, 1.54) is 83.7 Å². The van der Waals surface area contributed by atoms with E-state index in [1.54, 1.807) is 31.4 Å². The van der Waals surface area contributed by atoms with Gasteiger partial charge in [-0.25, -0.2) is 33.6 Å². The van der Waals surface area contributed by atoms with E-state index >= 15 is 0 Å². The lowest BCUT2D eigenvalue weighted by atomic mass is 10.3. The van der Waals surface area contributed by atoms with E-state index < -0.39 is 17.2 Å². The number of pyridine rings is 2. The van der Waals surface area contributed by atoms with E-state index in [4.69, 9.17) is 13.8 Å². The minimum atomic E-state index is -0.556. The molecule has 4 heterocycles. The molecule has 0 unspecified atom stereocenters. The van der Waals surface area contributed by atoms with Gasteiger partial charge in [-0.3, -0.25) is 18.7 Å². The number of aromatic nitrogens is 6. The number of rotatable bonds is 8. The molecule has 0 saturated carbocycles. The minimum Gasteiger partial charge on any atom is -0.448 e. The first-order valence-corrected chi connectivity index (χ1v) is 15.2. The molecule has 6 rings (SSSR count). The fourth-order valence-corrected chi connectivity index (χ4v) is 4.73. The van der Waals surface area contributed by atoms with Crippen molar-refractivity contribution in [2.75, 3.05) is 13.4 Å². The lowest BCUT2D eigenvalue weighted by molar-refractivity contribution is -0.160. The number of ether oxygens (including phenoxy) is 2. The fourth-order valence-electron chi connectivity index (χ4n) is 4.04. The van der Waals surface area contributed by atoms with Crippen LogP contribution in [0.15, 0.2) is 93.0 Å². The van der Waals surface area contributed by atoms with Crippen molar-refractivity contribution < 1.29 is 27.5 Å². The molecule has 0 radical (unpaired) electrons.